The van der Waals surface area contributed by atoms with E-state index in [-0.39, 0.29) is 25.4 Å². The highest BCUT2D eigenvalue weighted by molar-refractivity contribution is 5.75. The zero-order valence-corrected chi connectivity index (χ0v) is 20.1. The summed E-state index contributed by atoms with van der Waals surface area (Å²) < 4.78 is 28.6. The number of aliphatic hydroxyl groups is 1. The zero-order valence-electron chi connectivity index (χ0n) is 20.1. The molecule has 4 atom stereocenters. The van der Waals surface area contributed by atoms with Gasteiger partial charge in [-0.3, -0.25) is 4.90 Å². The molecule has 2 aliphatic heterocycles. The van der Waals surface area contributed by atoms with Crippen LogP contribution in [0.2, 0.25) is 0 Å². The molecule has 0 aromatic heterocycles. The lowest BCUT2D eigenvalue weighted by atomic mass is 9.87. The molecule has 1 N–H and O–H groups in total. The van der Waals surface area contributed by atoms with Crippen LogP contribution in [0.25, 0.3) is 0 Å². The van der Waals surface area contributed by atoms with E-state index in [0.29, 0.717) is 12.2 Å². The Labute approximate surface area is 195 Å². The first-order valence-electron chi connectivity index (χ1n) is 11.7. The average molecular weight is 462 g/mol. The van der Waals surface area contributed by atoms with Crippen LogP contribution in [0.15, 0.2) is 24.0 Å². The first kappa shape index (κ1) is 23.9. The van der Waals surface area contributed by atoms with Crippen LogP contribution in [0.3, 0.4) is 0 Å². The molecule has 2 unspecified atom stereocenters. The Kier molecular flexibility index (Phi) is 6.88. The third-order valence-corrected chi connectivity index (χ3v) is 6.69. The largest absolute Gasteiger partial charge is 0.497 e. The minimum absolute atomic E-state index is 0.0378. The van der Waals surface area contributed by atoms with E-state index in [0.717, 1.165) is 36.6 Å². The molecule has 8 nitrogen and oxygen atoms in total. The fraction of sp³-hybridized carbons (Fsp3) is 0.640. The SMILES string of the molecule is CCN1CCc2cc3c(cc2[C@H]2C1C=C(OC)[C@H]2OC(=O)C(C)OCCC(C)(C)O)OCO3. The molecule has 1 aromatic carbocycles. The van der Waals surface area contributed by atoms with Crippen LogP contribution in [0.4, 0.5) is 0 Å². The minimum Gasteiger partial charge on any atom is -0.497 e. The van der Waals surface area contributed by atoms with Crippen LogP contribution >= 0.6 is 0 Å². The fourth-order valence-electron chi connectivity index (χ4n) is 4.80. The van der Waals surface area contributed by atoms with Gasteiger partial charge in [0.25, 0.3) is 0 Å². The Bertz CT molecular complexity index is 907. The highest BCUT2D eigenvalue weighted by atomic mass is 16.7. The smallest absolute Gasteiger partial charge is 0.335 e. The average Bonchev–Trinajstić information content (AvgIpc) is 3.32. The molecule has 0 bridgehead atoms. The summed E-state index contributed by atoms with van der Waals surface area (Å²) in [6.07, 6.45) is 2.05. The monoisotopic (exact) mass is 461 g/mol. The van der Waals surface area contributed by atoms with Crippen LogP contribution in [0.5, 0.6) is 11.5 Å². The quantitative estimate of drug-likeness (QED) is 0.592. The molecule has 0 radical (unpaired) electrons. The topological polar surface area (TPSA) is 86.7 Å². The Morgan fingerprint density at radius 1 is 1.30 bits per heavy atom. The maximum absolute atomic E-state index is 13.0. The first-order valence-corrected chi connectivity index (χ1v) is 11.7. The molecule has 2 heterocycles. The molecule has 182 valence electrons. The summed E-state index contributed by atoms with van der Waals surface area (Å²) in [6, 6.07) is 4.13. The normalized spacial score (nSPS) is 25.0. The number of esters is 1. The van der Waals surface area contributed by atoms with Gasteiger partial charge >= 0.3 is 5.97 Å². The molecule has 4 rings (SSSR count). The molecule has 0 spiro atoms. The number of carbonyl (C=O) groups is 1. The van der Waals surface area contributed by atoms with Crippen LogP contribution in [0, 0.1) is 0 Å². The maximum atomic E-state index is 13.0. The van der Waals surface area contributed by atoms with Crippen LogP contribution < -0.4 is 9.47 Å². The van der Waals surface area contributed by atoms with Crippen molar-refractivity contribution in [1.29, 1.82) is 0 Å². The molecule has 0 amide bonds. The summed E-state index contributed by atoms with van der Waals surface area (Å²) in [6.45, 7) is 9.46. The van der Waals surface area contributed by atoms with Crippen molar-refractivity contribution in [1.82, 2.24) is 4.90 Å². The molecule has 33 heavy (non-hydrogen) atoms. The van der Waals surface area contributed by atoms with E-state index in [1.807, 2.05) is 6.07 Å². The number of hydrogen-bond acceptors (Lipinski definition) is 8. The van der Waals surface area contributed by atoms with Crippen molar-refractivity contribution in [2.45, 2.75) is 70.3 Å². The van der Waals surface area contributed by atoms with Gasteiger partial charge in [-0.2, -0.15) is 0 Å². The van der Waals surface area contributed by atoms with Gasteiger partial charge < -0.3 is 28.8 Å². The molecule has 0 fully saturated rings. The van der Waals surface area contributed by atoms with Crippen LogP contribution in [0.1, 0.15) is 51.2 Å². The highest BCUT2D eigenvalue weighted by Gasteiger charge is 2.47. The molecule has 1 aliphatic carbocycles. The third-order valence-electron chi connectivity index (χ3n) is 6.69. The van der Waals surface area contributed by atoms with E-state index in [1.165, 1.54) is 5.56 Å². The molecule has 8 heteroatoms. The number of methoxy groups -OCH3 is 1. The van der Waals surface area contributed by atoms with Crippen molar-refractivity contribution in [3.63, 3.8) is 0 Å². The number of benzene rings is 1. The predicted octanol–water partition coefficient (Wildman–Crippen LogP) is 2.77. The number of nitrogens with zero attached hydrogens (tertiary/aromatic N) is 1. The van der Waals surface area contributed by atoms with Gasteiger partial charge in [-0.25, -0.2) is 4.79 Å². The van der Waals surface area contributed by atoms with E-state index < -0.39 is 23.8 Å². The summed E-state index contributed by atoms with van der Waals surface area (Å²) in [7, 11) is 1.61. The summed E-state index contributed by atoms with van der Waals surface area (Å²) in [4.78, 5) is 15.4. The minimum atomic E-state index is -0.853. The van der Waals surface area contributed by atoms with Crippen molar-refractivity contribution in [3.05, 3.63) is 35.1 Å². The lowest BCUT2D eigenvalue weighted by Gasteiger charge is -2.32. The van der Waals surface area contributed by atoms with Gasteiger partial charge in [-0.15, -0.1) is 0 Å². The van der Waals surface area contributed by atoms with Gasteiger partial charge in [0.1, 0.15) is 5.76 Å². The van der Waals surface area contributed by atoms with Gasteiger partial charge in [-0.05, 0) is 69.5 Å². The summed E-state index contributed by atoms with van der Waals surface area (Å²) in [5.74, 6) is 1.55. The van der Waals surface area contributed by atoms with E-state index in [4.69, 9.17) is 23.7 Å². The number of carbonyl (C=O) groups excluding carboxylic acids is 1. The van der Waals surface area contributed by atoms with E-state index in [2.05, 4.69) is 24.0 Å². The van der Waals surface area contributed by atoms with Crippen molar-refractivity contribution in [2.75, 3.05) is 33.6 Å². The number of ether oxygens (including phenoxy) is 5. The van der Waals surface area contributed by atoms with Crippen LogP contribution in [-0.2, 0) is 25.4 Å². The summed E-state index contributed by atoms with van der Waals surface area (Å²) in [5, 5.41) is 9.89. The van der Waals surface area contributed by atoms with Crippen LogP contribution in [-0.4, -0.2) is 73.4 Å². The Hall–Kier alpha value is -2.29. The number of likely N-dealkylation sites (N-methyl/N-ethyl adjacent to an activating group) is 1. The first-order chi connectivity index (χ1) is 15.7. The zero-order chi connectivity index (χ0) is 23.8. The van der Waals surface area contributed by atoms with Crippen molar-refractivity contribution >= 4 is 5.97 Å². The second-order valence-corrected chi connectivity index (χ2v) is 9.51. The van der Waals surface area contributed by atoms with Gasteiger partial charge in [0, 0.05) is 18.5 Å². The molecule has 3 aliphatic rings. The van der Waals surface area contributed by atoms with E-state index >= 15 is 0 Å². The lowest BCUT2D eigenvalue weighted by molar-refractivity contribution is -0.163. The molecule has 0 saturated heterocycles. The van der Waals surface area contributed by atoms with Gasteiger partial charge in [0.05, 0.1) is 19.3 Å². The standard InChI is InChI=1S/C25H35NO7/c1-6-26-9-7-16-11-19-20(32-14-31-19)12-17(16)22-18(26)13-21(29-5)23(22)33-24(27)15(2)30-10-8-25(3,4)28/h11-13,15,18,22-23,28H,6-10,14H2,1-5H3/t15?,18?,22-,23+/m0/s1. The number of fused-ring (bicyclic) bond motifs is 4. The van der Waals surface area contributed by atoms with Gasteiger partial charge in [-0.1, -0.05) is 6.92 Å². The Balaban J connectivity index is 1.59. The predicted molar refractivity (Wildman–Crippen MR) is 121 cm³/mol. The summed E-state index contributed by atoms with van der Waals surface area (Å²) in [5.41, 5.74) is 1.41. The van der Waals surface area contributed by atoms with Gasteiger partial charge in [0.15, 0.2) is 23.7 Å². The molecular weight excluding hydrogens is 426 g/mol. The second-order valence-electron chi connectivity index (χ2n) is 9.51. The Morgan fingerprint density at radius 3 is 2.70 bits per heavy atom. The lowest BCUT2D eigenvalue weighted by Crippen LogP contribution is -2.40. The second kappa shape index (κ2) is 9.52. The number of hydrogen-bond donors (Lipinski definition) is 1. The molecular formula is C25H35NO7. The van der Waals surface area contributed by atoms with Crippen molar-refractivity contribution < 1.29 is 33.6 Å². The number of rotatable bonds is 8. The molecule has 0 saturated carbocycles. The van der Waals surface area contributed by atoms with Gasteiger partial charge in [0.2, 0.25) is 6.79 Å². The summed E-state index contributed by atoms with van der Waals surface area (Å²) >= 11 is 0. The van der Waals surface area contributed by atoms with Crippen molar-refractivity contribution in [3.8, 4) is 11.5 Å². The van der Waals surface area contributed by atoms with E-state index in [9.17, 15) is 9.90 Å². The molecule has 1 aromatic rings. The highest BCUT2D eigenvalue weighted by Crippen LogP contribution is 2.46. The maximum Gasteiger partial charge on any atom is 0.335 e. The third kappa shape index (κ3) is 4.98. The van der Waals surface area contributed by atoms with E-state index in [1.54, 1.807) is 27.9 Å². The fourth-order valence-corrected chi connectivity index (χ4v) is 4.80. The van der Waals surface area contributed by atoms with Crippen molar-refractivity contribution in [2.24, 2.45) is 0 Å². The Morgan fingerprint density at radius 2 is 2.03 bits per heavy atom.